The molecule has 0 saturated carbocycles. The smallest absolute Gasteiger partial charge is 0.274 e. The summed E-state index contributed by atoms with van der Waals surface area (Å²) in [6, 6.07) is 1.86. The quantitative estimate of drug-likeness (QED) is 0.745. The Morgan fingerprint density at radius 3 is 2.95 bits per heavy atom. The first-order valence-electron chi connectivity index (χ1n) is 7.80. The lowest BCUT2D eigenvalue weighted by Crippen LogP contribution is -2.41. The maximum absolute atomic E-state index is 12.4. The first-order chi connectivity index (χ1) is 10.2. The van der Waals surface area contributed by atoms with E-state index in [0.29, 0.717) is 31.8 Å². The number of carbonyl (C=O) groups excluding carboxylic acids is 1. The molecule has 2 rings (SSSR count). The van der Waals surface area contributed by atoms with Crippen LogP contribution < -0.4 is 0 Å². The van der Waals surface area contributed by atoms with Crippen molar-refractivity contribution in [2.45, 2.75) is 45.1 Å². The Morgan fingerprint density at radius 2 is 2.29 bits per heavy atom. The van der Waals surface area contributed by atoms with Crippen molar-refractivity contribution in [2.75, 3.05) is 26.3 Å². The summed E-state index contributed by atoms with van der Waals surface area (Å²) in [6.07, 6.45) is 4.53. The van der Waals surface area contributed by atoms with E-state index in [9.17, 15) is 4.79 Å². The van der Waals surface area contributed by atoms with Crippen LogP contribution in [0, 0.1) is 0 Å². The summed E-state index contributed by atoms with van der Waals surface area (Å²) in [7, 11) is 0. The molecular formula is C15H25N3O3. The summed E-state index contributed by atoms with van der Waals surface area (Å²) in [5.74, 6) is 0.00223. The molecule has 2 N–H and O–H groups in total. The molecule has 1 aromatic heterocycles. The first-order valence-corrected chi connectivity index (χ1v) is 7.80. The molecule has 1 aliphatic heterocycles. The average molecular weight is 295 g/mol. The fourth-order valence-corrected chi connectivity index (χ4v) is 2.57. The average Bonchev–Trinajstić information content (AvgIpc) is 2.97. The van der Waals surface area contributed by atoms with Crippen LogP contribution in [0.3, 0.4) is 0 Å². The number of nitrogens with zero attached hydrogens (tertiary/aromatic N) is 2. The highest BCUT2D eigenvalue weighted by atomic mass is 16.5. The van der Waals surface area contributed by atoms with Crippen molar-refractivity contribution in [3.63, 3.8) is 0 Å². The molecule has 6 heteroatoms. The van der Waals surface area contributed by atoms with E-state index in [2.05, 4.69) is 17.1 Å². The van der Waals surface area contributed by atoms with Crippen LogP contribution in [0.2, 0.25) is 0 Å². The number of likely N-dealkylation sites (tertiary alicyclic amines) is 1. The number of rotatable bonds is 7. The monoisotopic (exact) mass is 295 g/mol. The maximum atomic E-state index is 12.4. The molecular weight excluding hydrogens is 270 g/mol. The zero-order valence-corrected chi connectivity index (χ0v) is 12.7. The van der Waals surface area contributed by atoms with Crippen LogP contribution in [0.5, 0.6) is 0 Å². The predicted molar refractivity (Wildman–Crippen MR) is 79.2 cm³/mol. The maximum Gasteiger partial charge on any atom is 0.274 e. The third kappa shape index (κ3) is 4.54. The van der Waals surface area contributed by atoms with Crippen molar-refractivity contribution in [3.8, 4) is 0 Å². The Bertz CT molecular complexity index is 439. The highest BCUT2D eigenvalue weighted by Crippen LogP contribution is 2.16. The number of H-pyrrole nitrogens is 1. The fraction of sp³-hybridized carbons (Fsp3) is 0.733. The Kier molecular flexibility index (Phi) is 6.20. The van der Waals surface area contributed by atoms with Crippen molar-refractivity contribution in [2.24, 2.45) is 0 Å². The van der Waals surface area contributed by atoms with E-state index in [4.69, 9.17) is 9.84 Å². The minimum atomic E-state index is 0.00223. The van der Waals surface area contributed by atoms with E-state index in [1.807, 2.05) is 11.0 Å². The van der Waals surface area contributed by atoms with Gasteiger partial charge in [0.15, 0.2) is 0 Å². The fourth-order valence-electron chi connectivity index (χ4n) is 2.57. The van der Waals surface area contributed by atoms with Gasteiger partial charge < -0.3 is 14.7 Å². The summed E-state index contributed by atoms with van der Waals surface area (Å²) in [4.78, 5) is 14.2. The van der Waals surface area contributed by atoms with Crippen LogP contribution in [-0.4, -0.2) is 58.5 Å². The number of amides is 1. The van der Waals surface area contributed by atoms with Gasteiger partial charge in [-0.25, -0.2) is 0 Å². The van der Waals surface area contributed by atoms with Crippen LogP contribution in [-0.2, 0) is 11.2 Å². The second-order valence-electron chi connectivity index (χ2n) is 5.47. The van der Waals surface area contributed by atoms with Crippen LogP contribution in [0.4, 0.5) is 0 Å². The van der Waals surface area contributed by atoms with Gasteiger partial charge in [0.05, 0.1) is 6.10 Å². The van der Waals surface area contributed by atoms with Crippen molar-refractivity contribution >= 4 is 5.91 Å². The summed E-state index contributed by atoms with van der Waals surface area (Å²) < 4.78 is 5.67. The number of aliphatic hydroxyl groups is 1. The Labute approximate surface area is 125 Å². The van der Waals surface area contributed by atoms with Gasteiger partial charge in [0.25, 0.3) is 5.91 Å². The molecule has 0 radical (unpaired) electrons. The van der Waals surface area contributed by atoms with E-state index in [1.54, 1.807) is 0 Å². The largest absolute Gasteiger partial charge is 0.396 e. The molecule has 0 aliphatic carbocycles. The molecule has 0 aromatic carbocycles. The number of aliphatic hydroxyl groups excluding tert-OH is 1. The summed E-state index contributed by atoms with van der Waals surface area (Å²) in [5.41, 5.74) is 1.53. The van der Waals surface area contributed by atoms with Gasteiger partial charge in [-0.3, -0.25) is 9.89 Å². The third-order valence-corrected chi connectivity index (χ3v) is 3.75. The summed E-state index contributed by atoms with van der Waals surface area (Å²) in [5, 5.41) is 15.8. The normalized spacial score (nSPS) is 16.4. The van der Waals surface area contributed by atoms with Crippen molar-refractivity contribution < 1.29 is 14.6 Å². The number of aromatic amines is 1. The number of carbonyl (C=O) groups is 1. The third-order valence-electron chi connectivity index (χ3n) is 3.75. The molecule has 118 valence electrons. The second kappa shape index (κ2) is 8.14. The lowest BCUT2D eigenvalue weighted by Gasteiger charge is -2.31. The molecule has 0 unspecified atom stereocenters. The van der Waals surface area contributed by atoms with E-state index < -0.39 is 0 Å². The number of hydrogen-bond donors (Lipinski definition) is 2. The molecule has 1 fully saturated rings. The molecule has 0 bridgehead atoms. The van der Waals surface area contributed by atoms with Gasteiger partial charge in [-0.1, -0.05) is 13.3 Å². The number of hydrogen-bond acceptors (Lipinski definition) is 4. The van der Waals surface area contributed by atoms with Gasteiger partial charge in [-0.05, 0) is 31.7 Å². The van der Waals surface area contributed by atoms with Gasteiger partial charge in [0.2, 0.25) is 0 Å². The predicted octanol–water partition coefficient (Wildman–Crippen LogP) is 1.37. The zero-order chi connectivity index (χ0) is 15.1. The Morgan fingerprint density at radius 1 is 1.52 bits per heavy atom. The number of ether oxygens (including phenoxy) is 1. The topological polar surface area (TPSA) is 78.5 Å². The highest BCUT2D eigenvalue weighted by molar-refractivity contribution is 5.92. The lowest BCUT2D eigenvalue weighted by atomic mass is 10.1. The Hall–Kier alpha value is -1.40. The van der Waals surface area contributed by atoms with E-state index in [-0.39, 0.29) is 18.6 Å². The molecule has 1 aliphatic rings. The van der Waals surface area contributed by atoms with Crippen LogP contribution in [0.1, 0.15) is 48.8 Å². The minimum absolute atomic E-state index is 0.00223. The van der Waals surface area contributed by atoms with Crippen molar-refractivity contribution in [3.05, 3.63) is 17.5 Å². The molecule has 1 aromatic rings. The van der Waals surface area contributed by atoms with E-state index >= 15 is 0 Å². The van der Waals surface area contributed by atoms with E-state index in [0.717, 1.165) is 31.4 Å². The van der Waals surface area contributed by atoms with Gasteiger partial charge in [-0.2, -0.15) is 5.10 Å². The summed E-state index contributed by atoms with van der Waals surface area (Å²) in [6.45, 7) is 4.27. The highest BCUT2D eigenvalue weighted by Gasteiger charge is 2.25. The molecule has 1 amide bonds. The zero-order valence-electron chi connectivity index (χ0n) is 12.7. The number of piperidine rings is 1. The van der Waals surface area contributed by atoms with Gasteiger partial charge >= 0.3 is 0 Å². The van der Waals surface area contributed by atoms with Gasteiger partial charge in [0, 0.05) is 32.0 Å². The second-order valence-corrected chi connectivity index (χ2v) is 5.47. The molecule has 21 heavy (non-hydrogen) atoms. The van der Waals surface area contributed by atoms with Crippen molar-refractivity contribution in [1.29, 1.82) is 0 Å². The van der Waals surface area contributed by atoms with E-state index in [1.165, 1.54) is 0 Å². The van der Waals surface area contributed by atoms with Gasteiger partial charge in [0.1, 0.15) is 5.69 Å². The molecule has 0 spiro atoms. The van der Waals surface area contributed by atoms with Crippen molar-refractivity contribution in [1.82, 2.24) is 15.1 Å². The van der Waals surface area contributed by atoms with Crippen LogP contribution in [0.15, 0.2) is 6.07 Å². The standard InChI is InChI=1S/C15H25N3O3/c1-2-4-12-11-14(17-16-12)15(20)18-7-5-13(6-8-18)21-10-3-9-19/h11,13,19H,2-10H2,1H3,(H,16,17). The Balaban J connectivity index is 1.79. The minimum Gasteiger partial charge on any atom is -0.396 e. The molecule has 1 saturated heterocycles. The number of aryl methyl sites for hydroxylation is 1. The van der Waals surface area contributed by atoms with Crippen LogP contribution in [0.25, 0.3) is 0 Å². The molecule has 2 heterocycles. The van der Waals surface area contributed by atoms with Crippen LogP contribution >= 0.6 is 0 Å². The first kappa shape index (κ1) is 16.0. The molecule has 0 atom stereocenters. The number of aromatic nitrogens is 2. The lowest BCUT2D eigenvalue weighted by molar-refractivity contribution is 0.00384. The SMILES string of the molecule is CCCc1cc(C(=O)N2CCC(OCCCO)CC2)n[nH]1. The number of nitrogens with one attached hydrogen (secondary N) is 1. The van der Waals surface area contributed by atoms with Gasteiger partial charge in [-0.15, -0.1) is 0 Å². The molecule has 6 nitrogen and oxygen atoms in total. The summed E-state index contributed by atoms with van der Waals surface area (Å²) >= 11 is 0.